The highest BCUT2D eigenvalue weighted by Crippen LogP contribution is 2.27. The van der Waals surface area contributed by atoms with Gasteiger partial charge >= 0.3 is 0 Å². The van der Waals surface area contributed by atoms with Crippen molar-refractivity contribution in [1.82, 2.24) is 5.32 Å². The van der Waals surface area contributed by atoms with Gasteiger partial charge < -0.3 is 15.4 Å². The molecule has 3 nitrogen and oxygen atoms in total. The predicted octanol–water partition coefficient (Wildman–Crippen LogP) is 3.29. The van der Waals surface area contributed by atoms with Crippen LogP contribution in [0.5, 0.6) is 5.75 Å². The van der Waals surface area contributed by atoms with Crippen molar-refractivity contribution in [3.63, 3.8) is 0 Å². The van der Waals surface area contributed by atoms with E-state index in [9.17, 15) is 0 Å². The molecule has 4 heteroatoms. The first-order valence-electron chi connectivity index (χ1n) is 6.69. The average Bonchev–Trinajstić information content (AvgIpc) is 2.86. The van der Waals surface area contributed by atoms with Crippen LogP contribution < -0.4 is 15.4 Å². The number of ether oxygens (including phenoxy) is 1. The maximum Gasteiger partial charge on any atom is 0.138 e. The van der Waals surface area contributed by atoms with E-state index >= 15 is 0 Å². The number of rotatable bonds is 6. The minimum atomic E-state index is 0.639. The lowest BCUT2D eigenvalue weighted by Gasteiger charge is -2.12. The molecule has 18 heavy (non-hydrogen) atoms. The summed E-state index contributed by atoms with van der Waals surface area (Å²) in [6.07, 6.45) is 3.76. The van der Waals surface area contributed by atoms with Crippen LogP contribution in [0.2, 0.25) is 5.02 Å². The molecule has 0 aliphatic carbocycles. The predicted molar refractivity (Wildman–Crippen MR) is 76.8 cm³/mol. The fourth-order valence-electron chi connectivity index (χ4n) is 2.28. The Morgan fingerprint density at radius 2 is 2.39 bits per heavy atom. The van der Waals surface area contributed by atoms with Crippen LogP contribution in [0.3, 0.4) is 0 Å². The number of hydrogen-bond acceptors (Lipinski definition) is 3. The summed E-state index contributed by atoms with van der Waals surface area (Å²) in [5.74, 6) is 0.752. The van der Waals surface area contributed by atoms with Gasteiger partial charge in [0, 0.05) is 18.3 Å². The number of halogens is 1. The van der Waals surface area contributed by atoms with Gasteiger partial charge in [0.05, 0.1) is 11.6 Å². The first-order valence-corrected chi connectivity index (χ1v) is 7.07. The van der Waals surface area contributed by atoms with Gasteiger partial charge in [-0.25, -0.2) is 0 Å². The van der Waals surface area contributed by atoms with Gasteiger partial charge in [0.1, 0.15) is 5.75 Å². The van der Waals surface area contributed by atoms with Crippen LogP contribution in [0.4, 0.5) is 5.69 Å². The summed E-state index contributed by atoms with van der Waals surface area (Å²) in [5, 5.41) is 7.56. The van der Waals surface area contributed by atoms with Crippen molar-refractivity contribution in [2.24, 2.45) is 0 Å². The van der Waals surface area contributed by atoms with Gasteiger partial charge in [-0.05, 0) is 50.9 Å². The first kappa shape index (κ1) is 13.5. The average molecular weight is 269 g/mol. The highest BCUT2D eigenvalue weighted by Gasteiger charge is 2.12. The molecule has 1 aliphatic rings. The molecule has 0 spiro atoms. The minimum absolute atomic E-state index is 0.639. The molecule has 2 rings (SSSR count). The van der Waals surface area contributed by atoms with Crippen LogP contribution in [0.15, 0.2) is 18.2 Å². The van der Waals surface area contributed by atoms with Gasteiger partial charge in [0.25, 0.3) is 0 Å². The summed E-state index contributed by atoms with van der Waals surface area (Å²) in [6, 6.07) is 6.53. The maximum absolute atomic E-state index is 6.14. The lowest BCUT2D eigenvalue weighted by atomic mass is 10.1. The van der Waals surface area contributed by atoms with E-state index in [1.807, 2.05) is 25.1 Å². The number of benzene rings is 1. The van der Waals surface area contributed by atoms with Crippen molar-refractivity contribution in [2.75, 3.05) is 25.0 Å². The van der Waals surface area contributed by atoms with E-state index < -0.39 is 0 Å². The molecule has 1 aromatic carbocycles. The largest absolute Gasteiger partial charge is 0.492 e. The van der Waals surface area contributed by atoms with Crippen molar-refractivity contribution in [1.29, 1.82) is 0 Å². The lowest BCUT2D eigenvalue weighted by molar-refractivity contribution is 0.340. The molecular formula is C14H21ClN2O. The Hall–Kier alpha value is -0.930. The van der Waals surface area contributed by atoms with Crippen molar-refractivity contribution in [2.45, 2.75) is 32.2 Å². The van der Waals surface area contributed by atoms with Gasteiger partial charge in [-0.15, -0.1) is 0 Å². The van der Waals surface area contributed by atoms with Crippen molar-refractivity contribution < 1.29 is 4.74 Å². The Kier molecular flexibility index (Phi) is 5.14. The summed E-state index contributed by atoms with van der Waals surface area (Å²) in [7, 11) is 0. The Labute approximate surface area is 114 Å². The quantitative estimate of drug-likeness (QED) is 0.831. The van der Waals surface area contributed by atoms with E-state index in [1.165, 1.54) is 19.4 Å². The van der Waals surface area contributed by atoms with Crippen LogP contribution in [0.25, 0.3) is 0 Å². The van der Waals surface area contributed by atoms with Gasteiger partial charge in [-0.3, -0.25) is 0 Å². The summed E-state index contributed by atoms with van der Waals surface area (Å²) < 4.78 is 5.41. The van der Waals surface area contributed by atoms with Crippen LogP contribution in [-0.4, -0.2) is 25.7 Å². The molecule has 1 unspecified atom stereocenters. The monoisotopic (exact) mass is 268 g/mol. The van der Waals surface area contributed by atoms with E-state index in [4.69, 9.17) is 16.3 Å². The summed E-state index contributed by atoms with van der Waals surface area (Å²) in [5.41, 5.74) is 1.06. The summed E-state index contributed by atoms with van der Waals surface area (Å²) in [4.78, 5) is 0. The van der Waals surface area contributed by atoms with E-state index in [1.54, 1.807) is 0 Å². The molecule has 1 atom stereocenters. The molecular weight excluding hydrogens is 248 g/mol. The normalized spacial score (nSPS) is 18.9. The van der Waals surface area contributed by atoms with E-state index in [0.717, 1.165) is 24.4 Å². The van der Waals surface area contributed by atoms with Crippen LogP contribution in [-0.2, 0) is 0 Å². The molecule has 2 N–H and O–H groups in total. The molecule has 1 saturated heterocycles. The number of anilines is 1. The Bertz CT molecular complexity index is 378. The molecule has 0 saturated carbocycles. The Balaban J connectivity index is 1.80. The molecule has 0 bridgehead atoms. The molecule has 0 amide bonds. The second kappa shape index (κ2) is 6.86. The van der Waals surface area contributed by atoms with E-state index in [0.29, 0.717) is 17.7 Å². The van der Waals surface area contributed by atoms with E-state index in [-0.39, 0.29) is 0 Å². The lowest BCUT2D eigenvalue weighted by Crippen LogP contribution is -2.24. The summed E-state index contributed by atoms with van der Waals surface area (Å²) >= 11 is 6.14. The zero-order valence-corrected chi connectivity index (χ0v) is 11.6. The third-order valence-corrected chi connectivity index (χ3v) is 3.51. The molecule has 1 fully saturated rings. The Morgan fingerprint density at radius 3 is 3.06 bits per heavy atom. The second-order valence-electron chi connectivity index (χ2n) is 4.59. The minimum Gasteiger partial charge on any atom is -0.492 e. The van der Waals surface area contributed by atoms with Gasteiger partial charge in [0.15, 0.2) is 0 Å². The Morgan fingerprint density at radius 1 is 1.50 bits per heavy atom. The number of hydrogen-bond donors (Lipinski definition) is 2. The highest BCUT2D eigenvalue weighted by molar-refractivity contribution is 6.32. The fourth-order valence-corrected chi connectivity index (χ4v) is 2.51. The first-order chi connectivity index (χ1) is 8.79. The molecule has 1 aliphatic heterocycles. The molecule has 100 valence electrons. The SMILES string of the molecule is CCOc1ccc(NCCC2CCCN2)cc1Cl. The highest BCUT2D eigenvalue weighted by atomic mass is 35.5. The van der Waals surface area contributed by atoms with Gasteiger partial charge in [0.2, 0.25) is 0 Å². The third kappa shape index (κ3) is 3.79. The van der Waals surface area contributed by atoms with Crippen molar-refractivity contribution in [3.8, 4) is 5.75 Å². The summed E-state index contributed by atoms with van der Waals surface area (Å²) in [6.45, 7) is 4.73. The molecule has 1 heterocycles. The van der Waals surface area contributed by atoms with Crippen LogP contribution in [0.1, 0.15) is 26.2 Å². The zero-order chi connectivity index (χ0) is 12.8. The molecule has 0 aromatic heterocycles. The van der Waals surface area contributed by atoms with Gasteiger partial charge in [-0.1, -0.05) is 11.6 Å². The fraction of sp³-hybridized carbons (Fsp3) is 0.571. The maximum atomic E-state index is 6.14. The van der Waals surface area contributed by atoms with Crippen LogP contribution >= 0.6 is 11.6 Å². The van der Waals surface area contributed by atoms with Crippen LogP contribution in [0, 0.1) is 0 Å². The van der Waals surface area contributed by atoms with Crippen molar-refractivity contribution in [3.05, 3.63) is 23.2 Å². The number of nitrogens with one attached hydrogen (secondary N) is 2. The van der Waals surface area contributed by atoms with Gasteiger partial charge in [-0.2, -0.15) is 0 Å². The molecule has 0 radical (unpaired) electrons. The zero-order valence-electron chi connectivity index (χ0n) is 10.8. The molecule has 1 aromatic rings. The topological polar surface area (TPSA) is 33.3 Å². The second-order valence-corrected chi connectivity index (χ2v) is 4.99. The third-order valence-electron chi connectivity index (χ3n) is 3.22. The smallest absolute Gasteiger partial charge is 0.138 e. The van der Waals surface area contributed by atoms with E-state index in [2.05, 4.69) is 10.6 Å². The standard InChI is InChI=1S/C14H21ClN2O/c1-2-18-14-6-5-12(10-13(14)15)17-9-7-11-4-3-8-16-11/h5-6,10-11,16-17H,2-4,7-9H2,1H3. The van der Waals surface area contributed by atoms with Crippen molar-refractivity contribution >= 4 is 17.3 Å².